The molecular weight excluding hydrogens is 352 g/mol. The molecule has 3 aromatic carbocycles. The van der Waals surface area contributed by atoms with Crippen molar-refractivity contribution in [3.8, 4) is 11.5 Å². The van der Waals surface area contributed by atoms with Gasteiger partial charge in [-0.25, -0.2) is 0 Å². The number of para-hydroxylation sites is 4. The molecule has 1 aliphatic rings. The molecule has 0 saturated carbocycles. The molecule has 5 nitrogen and oxygen atoms in total. The Morgan fingerprint density at radius 1 is 0.893 bits per heavy atom. The predicted octanol–water partition coefficient (Wildman–Crippen LogP) is 4.47. The van der Waals surface area contributed by atoms with E-state index < -0.39 is 5.92 Å². The fourth-order valence-electron chi connectivity index (χ4n) is 3.25. The number of benzene rings is 3. The van der Waals surface area contributed by atoms with Crippen molar-refractivity contribution in [1.82, 2.24) is 0 Å². The van der Waals surface area contributed by atoms with Crippen LogP contribution < -0.4 is 15.0 Å². The predicted molar refractivity (Wildman–Crippen MR) is 108 cm³/mol. The molecule has 0 spiro atoms. The van der Waals surface area contributed by atoms with Crippen LogP contribution in [0.2, 0.25) is 0 Å². The molecule has 1 N–H and O–H groups in total. The van der Waals surface area contributed by atoms with E-state index in [4.69, 9.17) is 4.74 Å². The van der Waals surface area contributed by atoms with E-state index in [1.807, 2.05) is 72.8 Å². The van der Waals surface area contributed by atoms with Gasteiger partial charge in [-0.05, 0) is 36.4 Å². The number of ether oxygens (including phenoxy) is 1. The number of hydrogen-bond donors (Lipinski definition) is 1. The number of carbonyl (C=O) groups is 2. The molecule has 1 saturated heterocycles. The highest BCUT2D eigenvalue weighted by Gasteiger charge is 2.35. The average Bonchev–Trinajstić information content (AvgIpc) is 3.13. The number of nitrogens with one attached hydrogen (secondary N) is 1. The SMILES string of the molecule is O=C(Nc1ccccc1Oc1ccccc1)C1CC(=O)N(c2ccccc2)C1. The lowest BCUT2D eigenvalue weighted by molar-refractivity contribution is -0.122. The van der Waals surface area contributed by atoms with Crippen LogP contribution in [0.4, 0.5) is 11.4 Å². The largest absolute Gasteiger partial charge is 0.455 e. The molecule has 1 atom stereocenters. The van der Waals surface area contributed by atoms with E-state index in [0.29, 0.717) is 23.7 Å². The van der Waals surface area contributed by atoms with E-state index in [9.17, 15) is 9.59 Å². The van der Waals surface area contributed by atoms with Gasteiger partial charge in [0.15, 0.2) is 5.75 Å². The third-order valence-corrected chi connectivity index (χ3v) is 4.68. The Bertz CT molecular complexity index is 973. The second-order valence-electron chi connectivity index (χ2n) is 6.64. The van der Waals surface area contributed by atoms with Crippen molar-refractivity contribution in [2.75, 3.05) is 16.8 Å². The Morgan fingerprint density at radius 2 is 1.54 bits per heavy atom. The van der Waals surface area contributed by atoms with Crippen molar-refractivity contribution in [3.63, 3.8) is 0 Å². The van der Waals surface area contributed by atoms with Gasteiger partial charge in [-0.2, -0.15) is 0 Å². The lowest BCUT2D eigenvalue weighted by Gasteiger charge is -2.17. The van der Waals surface area contributed by atoms with Gasteiger partial charge < -0.3 is 15.0 Å². The highest BCUT2D eigenvalue weighted by Crippen LogP contribution is 2.31. The van der Waals surface area contributed by atoms with Crippen LogP contribution in [-0.4, -0.2) is 18.4 Å². The first-order valence-corrected chi connectivity index (χ1v) is 9.19. The van der Waals surface area contributed by atoms with Crippen LogP contribution in [0.25, 0.3) is 0 Å². The summed E-state index contributed by atoms with van der Waals surface area (Å²) in [6.45, 7) is 0.371. The second-order valence-corrected chi connectivity index (χ2v) is 6.64. The summed E-state index contributed by atoms with van der Waals surface area (Å²) >= 11 is 0. The van der Waals surface area contributed by atoms with Crippen LogP contribution >= 0.6 is 0 Å². The summed E-state index contributed by atoms with van der Waals surface area (Å²) < 4.78 is 5.89. The van der Waals surface area contributed by atoms with Gasteiger partial charge in [-0.3, -0.25) is 9.59 Å². The molecule has 4 rings (SSSR count). The van der Waals surface area contributed by atoms with Gasteiger partial charge in [-0.1, -0.05) is 48.5 Å². The normalized spacial score (nSPS) is 16.1. The number of rotatable bonds is 5. The van der Waals surface area contributed by atoms with E-state index in [1.165, 1.54) is 0 Å². The maximum Gasteiger partial charge on any atom is 0.229 e. The van der Waals surface area contributed by atoms with Gasteiger partial charge in [0.25, 0.3) is 0 Å². The molecule has 28 heavy (non-hydrogen) atoms. The molecule has 140 valence electrons. The van der Waals surface area contributed by atoms with Crippen molar-refractivity contribution in [1.29, 1.82) is 0 Å². The van der Waals surface area contributed by atoms with Crippen LogP contribution in [0.15, 0.2) is 84.9 Å². The van der Waals surface area contributed by atoms with Gasteiger partial charge in [0, 0.05) is 18.7 Å². The van der Waals surface area contributed by atoms with Crippen molar-refractivity contribution >= 4 is 23.2 Å². The summed E-state index contributed by atoms with van der Waals surface area (Å²) in [4.78, 5) is 26.8. The van der Waals surface area contributed by atoms with Crippen molar-refractivity contribution in [3.05, 3.63) is 84.9 Å². The molecule has 0 aliphatic carbocycles. The molecule has 0 aromatic heterocycles. The van der Waals surface area contributed by atoms with E-state index in [1.54, 1.807) is 17.0 Å². The summed E-state index contributed by atoms with van der Waals surface area (Å²) in [7, 11) is 0. The Kier molecular flexibility index (Phi) is 5.06. The van der Waals surface area contributed by atoms with Crippen LogP contribution in [0.1, 0.15) is 6.42 Å². The van der Waals surface area contributed by atoms with E-state index in [2.05, 4.69) is 5.32 Å². The zero-order valence-corrected chi connectivity index (χ0v) is 15.2. The third kappa shape index (κ3) is 3.88. The highest BCUT2D eigenvalue weighted by atomic mass is 16.5. The summed E-state index contributed by atoms with van der Waals surface area (Å²) in [5, 5.41) is 2.92. The van der Waals surface area contributed by atoms with Gasteiger partial charge in [-0.15, -0.1) is 0 Å². The minimum absolute atomic E-state index is 0.0415. The highest BCUT2D eigenvalue weighted by molar-refractivity contribution is 6.03. The Labute approximate surface area is 163 Å². The smallest absolute Gasteiger partial charge is 0.229 e. The topological polar surface area (TPSA) is 58.6 Å². The number of amides is 2. The molecule has 1 fully saturated rings. The maximum absolute atomic E-state index is 12.8. The van der Waals surface area contributed by atoms with Crippen LogP contribution in [0.3, 0.4) is 0 Å². The molecule has 1 aliphatic heterocycles. The number of carbonyl (C=O) groups excluding carboxylic acids is 2. The Hall–Kier alpha value is -3.60. The van der Waals surface area contributed by atoms with Crippen LogP contribution in [0, 0.1) is 5.92 Å². The molecule has 5 heteroatoms. The third-order valence-electron chi connectivity index (χ3n) is 4.68. The Morgan fingerprint density at radius 3 is 2.29 bits per heavy atom. The molecule has 1 heterocycles. The van der Waals surface area contributed by atoms with E-state index in [-0.39, 0.29) is 18.2 Å². The van der Waals surface area contributed by atoms with Gasteiger partial charge >= 0.3 is 0 Å². The number of nitrogens with zero attached hydrogens (tertiary/aromatic N) is 1. The quantitative estimate of drug-likeness (QED) is 0.719. The summed E-state index contributed by atoms with van der Waals surface area (Å²) in [5.41, 5.74) is 1.40. The zero-order valence-electron chi connectivity index (χ0n) is 15.2. The standard InChI is InChI=1S/C23H20N2O3/c26-22-15-17(16-25(22)18-9-3-1-4-10-18)23(27)24-20-13-7-8-14-21(20)28-19-11-5-2-6-12-19/h1-14,17H,15-16H2,(H,24,27). The maximum atomic E-state index is 12.8. The molecule has 0 bridgehead atoms. The minimum atomic E-state index is -0.405. The summed E-state index contributed by atoms with van der Waals surface area (Å²) in [5.74, 6) is 0.621. The number of anilines is 2. The van der Waals surface area contributed by atoms with Crippen molar-refractivity contribution in [2.45, 2.75) is 6.42 Å². The molecule has 1 unspecified atom stereocenters. The first-order valence-electron chi connectivity index (χ1n) is 9.19. The minimum Gasteiger partial charge on any atom is -0.455 e. The van der Waals surface area contributed by atoms with Crippen molar-refractivity contribution < 1.29 is 14.3 Å². The van der Waals surface area contributed by atoms with Gasteiger partial charge in [0.2, 0.25) is 11.8 Å². The second kappa shape index (κ2) is 7.96. The lowest BCUT2D eigenvalue weighted by atomic mass is 10.1. The van der Waals surface area contributed by atoms with Crippen LogP contribution in [-0.2, 0) is 9.59 Å². The zero-order chi connectivity index (χ0) is 19.3. The molecule has 0 radical (unpaired) electrons. The average molecular weight is 372 g/mol. The summed E-state index contributed by atoms with van der Waals surface area (Å²) in [6.07, 6.45) is 0.197. The lowest BCUT2D eigenvalue weighted by Crippen LogP contribution is -2.28. The molecular formula is C23H20N2O3. The Balaban J connectivity index is 1.47. The first-order chi connectivity index (χ1) is 13.7. The van der Waals surface area contributed by atoms with Crippen molar-refractivity contribution in [2.24, 2.45) is 5.92 Å². The molecule has 3 aromatic rings. The molecule has 2 amide bonds. The van der Waals surface area contributed by atoms with Crippen LogP contribution in [0.5, 0.6) is 11.5 Å². The number of hydrogen-bond acceptors (Lipinski definition) is 3. The van der Waals surface area contributed by atoms with E-state index in [0.717, 1.165) is 5.69 Å². The monoisotopic (exact) mass is 372 g/mol. The summed E-state index contributed by atoms with van der Waals surface area (Å²) in [6, 6.07) is 26.1. The van der Waals surface area contributed by atoms with Gasteiger partial charge in [0.05, 0.1) is 11.6 Å². The first kappa shape index (κ1) is 17.8. The fourth-order valence-corrected chi connectivity index (χ4v) is 3.25. The van der Waals surface area contributed by atoms with Gasteiger partial charge in [0.1, 0.15) is 5.75 Å². The fraction of sp³-hybridized carbons (Fsp3) is 0.130. The van der Waals surface area contributed by atoms with E-state index >= 15 is 0 Å².